The molecule has 0 radical (unpaired) electrons. The number of hydrogen-bond acceptors (Lipinski definition) is 4. The summed E-state index contributed by atoms with van der Waals surface area (Å²) in [6.45, 7) is -0.359. The quantitative estimate of drug-likeness (QED) is 0.465. The SMILES string of the molecule is COc1cccc(-c2cc(OCC(=O)Nc3ccc(F)cc3F)c3ccccc3n2)c1. The number of rotatable bonds is 6. The molecule has 0 atom stereocenters. The van der Waals surface area contributed by atoms with Gasteiger partial charge in [0.1, 0.15) is 23.1 Å². The third-order valence-corrected chi connectivity index (χ3v) is 4.61. The van der Waals surface area contributed by atoms with Gasteiger partial charge in [-0.15, -0.1) is 0 Å². The van der Waals surface area contributed by atoms with Crippen LogP contribution in [0.2, 0.25) is 0 Å². The molecule has 7 heteroatoms. The van der Waals surface area contributed by atoms with Crippen molar-refractivity contribution in [3.8, 4) is 22.8 Å². The standard InChI is InChI=1S/C24H18F2N2O3/c1-30-17-6-4-5-15(11-17)22-13-23(18-7-2-3-8-20(18)27-22)31-14-24(29)28-21-10-9-16(25)12-19(21)26/h2-13H,14H2,1H3,(H,28,29). The first-order chi connectivity index (χ1) is 15.0. The van der Waals surface area contributed by atoms with E-state index >= 15 is 0 Å². The number of methoxy groups -OCH3 is 1. The van der Waals surface area contributed by atoms with E-state index in [0.717, 1.165) is 23.1 Å². The maximum Gasteiger partial charge on any atom is 0.262 e. The lowest BCUT2D eigenvalue weighted by Gasteiger charge is -2.12. The van der Waals surface area contributed by atoms with Crippen LogP contribution in [0.1, 0.15) is 0 Å². The normalized spacial score (nSPS) is 10.7. The van der Waals surface area contributed by atoms with Gasteiger partial charge in [-0.2, -0.15) is 0 Å². The van der Waals surface area contributed by atoms with Gasteiger partial charge in [-0.25, -0.2) is 13.8 Å². The van der Waals surface area contributed by atoms with Crippen LogP contribution in [-0.4, -0.2) is 24.6 Å². The molecule has 1 heterocycles. The first kappa shape index (κ1) is 20.3. The molecule has 1 aromatic heterocycles. The molecule has 1 amide bonds. The lowest BCUT2D eigenvalue weighted by atomic mass is 10.1. The van der Waals surface area contributed by atoms with E-state index in [1.807, 2.05) is 48.5 Å². The lowest BCUT2D eigenvalue weighted by Crippen LogP contribution is -2.21. The number of benzene rings is 3. The van der Waals surface area contributed by atoms with Gasteiger partial charge in [0.2, 0.25) is 0 Å². The second kappa shape index (κ2) is 8.79. The van der Waals surface area contributed by atoms with Gasteiger partial charge in [-0.1, -0.05) is 24.3 Å². The fraction of sp³-hybridized carbons (Fsp3) is 0.0833. The van der Waals surface area contributed by atoms with E-state index in [-0.39, 0.29) is 12.3 Å². The first-order valence-electron chi connectivity index (χ1n) is 9.45. The summed E-state index contributed by atoms with van der Waals surface area (Å²) in [6, 6.07) is 19.5. The fourth-order valence-corrected chi connectivity index (χ4v) is 3.11. The average Bonchev–Trinajstić information content (AvgIpc) is 2.79. The minimum Gasteiger partial charge on any atom is -0.497 e. The Balaban J connectivity index is 1.59. The molecule has 0 spiro atoms. The third kappa shape index (κ3) is 4.61. The predicted molar refractivity (Wildman–Crippen MR) is 114 cm³/mol. The summed E-state index contributed by atoms with van der Waals surface area (Å²) in [5.74, 6) is -1.01. The Labute approximate surface area is 177 Å². The highest BCUT2D eigenvalue weighted by Gasteiger charge is 2.13. The van der Waals surface area contributed by atoms with Gasteiger partial charge in [0.15, 0.2) is 6.61 Å². The van der Waals surface area contributed by atoms with Crippen LogP contribution in [0.15, 0.2) is 72.8 Å². The number of fused-ring (bicyclic) bond motifs is 1. The molecule has 0 aliphatic carbocycles. The molecule has 156 valence electrons. The zero-order valence-corrected chi connectivity index (χ0v) is 16.6. The Bertz CT molecular complexity index is 1260. The molecular weight excluding hydrogens is 402 g/mol. The summed E-state index contributed by atoms with van der Waals surface area (Å²) in [6.07, 6.45) is 0. The Kier molecular flexibility index (Phi) is 5.75. The van der Waals surface area contributed by atoms with E-state index in [1.165, 1.54) is 0 Å². The van der Waals surface area contributed by atoms with E-state index in [1.54, 1.807) is 13.2 Å². The maximum atomic E-state index is 13.8. The average molecular weight is 420 g/mol. The number of carbonyl (C=O) groups is 1. The summed E-state index contributed by atoms with van der Waals surface area (Å²) < 4.78 is 37.8. The highest BCUT2D eigenvalue weighted by atomic mass is 19.1. The number of halogens is 2. The van der Waals surface area contributed by atoms with Crippen molar-refractivity contribution in [1.29, 1.82) is 0 Å². The molecule has 4 aromatic rings. The van der Waals surface area contributed by atoms with Crippen molar-refractivity contribution in [2.75, 3.05) is 19.0 Å². The van der Waals surface area contributed by atoms with Gasteiger partial charge in [0, 0.05) is 23.1 Å². The summed E-state index contributed by atoms with van der Waals surface area (Å²) >= 11 is 0. The Morgan fingerprint density at radius 2 is 1.84 bits per heavy atom. The molecule has 3 aromatic carbocycles. The van der Waals surface area contributed by atoms with E-state index in [0.29, 0.717) is 28.8 Å². The van der Waals surface area contributed by atoms with Crippen molar-refractivity contribution >= 4 is 22.5 Å². The van der Waals surface area contributed by atoms with Crippen molar-refractivity contribution < 1.29 is 23.0 Å². The fourth-order valence-electron chi connectivity index (χ4n) is 3.11. The molecule has 0 aliphatic heterocycles. The zero-order valence-electron chi connectivity index (χ0n) is 16.6. The zero-order chi connectivity index (χ0) is 21.8. The van der Waals surface area contributed by atoms with Crippen LogP contribution in [-0.2, 0) is 4.79 Å². The predicted octanol–water partition coefficient (Wildman–Crippen LogP) is 5.21. The highest BCUT2D eigenvalue weighted by molar-refractivity contribution is 5.93. The smallest absolute Gasteiger partial charge is 0.262 e. The van der Waals surface area contributed by atoms with Gasteiger partial charge < -0.3 is 14.8 Å². The number of pyridine rings is 1. The van der Waals surface area contributed by atoms with Crippen molar-refractivity contribution in [1.82, 2.24) is 4.98 Å². The van der Waals surface area contributed by atoms with E-state index < -0.39 is 17.5 Å². The molecule has 0 bridgehead atoms. The van der Waals surface area contributed by atoms with Crippen LogP contribution < -0.4 is 14.8 Å². The van der Waals surface area contributed by atoms with Crippen LogP contribution in [0, 0.1) is 11.6 Å². The summed E-state index contributed by atoms with van der Waals surface area (Å²) in [5.41, 5.74) is 2.06. The minimum atomic E-state index is -0.858. The van der Waals surface area contributed by atoms with Crippen LogP contribution in [0.4, 0.5) is 14.5 Å². The largest absolute Gasteiger partial charge is 0.497 e. The minimum absolute atomic E-state index is 0.119. The topological polar surface area (TPSA) is 60.5 Å². The van der Waals surface area contributed by atoms with E-state index in [9.17, 15) is 13.6 Å². The number of nitrogens with one attached hydrogen (secondary N) is 1. The van der Waals surface area contributed by atoms with Crippen molar-refractivity contribution in [2.45, 2.75) is 0 Å². The number of carbonyl (C=O) groups excluding carboxylic acids is 1. The number of anilines is 1. The lowest BCUT2D eigenvalue weighted by molar-refractivity contribution is -0.118. The molecule has 0 aliphatic rings. The van der Waals surface area contributed by atoms with Gasteiger partial charge in [0.25, 0.3) is 5.91 Å². The van der Waals surface area contributed by atoms with Crippen LogP contribution >= 0.6 is 0 Å². The van der Waals surface area contributed by atoms with Crippen molar-refractivity contribution in [3.05, 3.63) is 84.4 Å². The second-order valence-electron chi connectivity index (χ2n) is 6.72. The molecule has 0 saturated carbocycles. The van der Waals surface area contributed by atoms with E-state index in [2.05, 4.69) is 10.3 Å². The third-order valence-electron chi connectivity index (χ3n) is 4.61. The highest BCUT2D eigenvalue weighted by Crippen LogP contribution is 2.31. The Morgan fingerprint density at radius 3 is 2.65 bits per heavy atom. The molecular formula is C24H18F2N2O3. The van der Waals surface area contributed by atoms with Gasteiger partial charge in [-0.05, 0) is 36.4 Å². The van der Waals surface area contributed by atoms with Crippen LogP contribution in [0.25, 0.3) is 22.2 Å². The Morgan fingerprint density at radius 1 is 1.00 bits per heavy atom. The Hall–Kier alpha value is -4.00. The monoisotopic (exact) mass is 420 g/mol. The van der Waals surface area contributed by atoms with Crippen molar-refractivity contribution in [3.63, 3.8) is 0 Å². The molecule has 0 fully saturated rings. The van der Waals surface area contributed by atoms with Crippen molar-refractivity contribution in [2.24, 2.45) is 0 Å². The second-order valence-corrected chi connectivity index (χ2v) is 6.72. The van der Waals surface area contributed by atoms with E-state index in [4.69, 9.17) is 9.47 Å². The summed E-state index contributed by atoms with van der Waals surface area (Å²) in [7, 11) is 1.59. The van der Waals surface area contributed by atoms with Crippen LogP contribution in [0.3, 0.4) is 0 Å². The molecule has 4 rings (SSSR count). The molecule has 31 heavy (non-hydrogen) atoms. The molecule has 0 saturated heterocycles. The molecule has 5 nitrogen and oxygen atoms in total. The first-order valence-corrected chi connectivity index (χ1v) is 9.45. The van der Waals surface area contributed by atoms with Gasteiger partial charge >= 0.3 is 0 Å². The molecule has 1 N–H and O–H groups in total. The number of para-hydroxylation sites is 1. The number of aromatic nitrogens is 1. The number of amides is 1. The maximum absolute atomic E-state index is 13.8. The summed E-state index contributed by atoms with van der Waals surface area (Å²) in [5, 5.41) is 3.11. The number of hydrogen-bond donors (Lipinski definition) is 1. The summed E-state index contributed by atoms with van der Waals surface area (Å²) in [4.78, 5) is 16.9. The van der Waals surface area contributed by atoms with Gasteiger partial charge in [0.05, 0.1) is 24.0 Å². The number of ether oxygens (including phenoxy) is 2. The van der Waals surface area contributed by atoms with Gasteiger partial charge in [-0.3, -0.25) is 4.79 Å². The van der Waals surface area contributed by atoms with Crippen LogP contribution in [0.5, 0.6) is 11.5 Å². The molecule has 0 unspecified atom stereocenters. The number of nitrogens with zero attached hydrogens (tertiary/aromatic N) is 1.